The molecule has 0 saturated heterocycles. The maximum atomic E-state index is 13.2. The van der Waals surface area contributed by atoms with Gasteiger partial charge in [-0.25, -0.2) is 0 Å². The van der Waals surface area contributed by atoms with E-state index in [1.807, 2.05) is 79.7 Å². The van der Waals surface area contributed by atoms with Crippen LogP contribution >= 0.6 is 23.5 Å². The highest BCUT2D eigenvalue weighted by Crippen LogP contribution is 2.31. The van der Waals surface area contributed by atoms with Crippen LogP contribution in [-0.4, -0.2) is 25.9 Å². The van der Waals surface area contributed by atoms with E-state index in [0.29, 0.717) is 12.2 Å². The fourth-order valence-electron chi connectivity index (χ4n) is 3.58. The van der Waals surface area contributed by atoms with E-state index in [1.54, 1.807) is 11.8 Å². The van der Waals surface area contributed by atoms with Crippen molar-refractivity contribution < 1.29 is 4.79 Å². The lowest BCUT2D eigenvalue weighted by atomic mass is 10.1. The molecule has 34 heavy (non-hydrogen) atoms. The van der Waals surface area contributed by atoms with E-state index in [1.165, 1.54) is 16.7 Å². The van der Waals surface area contributed by atoms with Crippen LogP contribution in [0.4, 0.5) is 5.69 Å². The molecule has 1 heterocycles. The lowest BCUT2D eigenvalue weighted by Crippen LogP contribution is -2.25. The summed E-state index contributed by atoms with van der Waals surface area (Å²) in [4.78, 5) is 14.4. The Labute approximate surface area is 209 Å². The lowest BCUT2D eigenvalue weighted by Gasteiger charge is -2.17. The molecule has 1 unspecified atom stereocenters. The van der Waals surface area contributed by atoms with E-state index in [4.69, 9.17) is 0 Å². The summed E-state index contributed by atoms with van der Waals surface area (Å²) in [5, 5.41) is 12.6. The molecule has 5 nitrogen and oxygen atoms in total. The van der Waals surface area contributed by atoms with Crippen LogP contribution in [0.3, 0.4) is 0 Å². The average molecular weight is 489 g/mol. The fraction of sp³-hybridized carbons (Fsp3) is 0.222. The van der Waals surface area contributed by atoms with Gasteiger partial charge in [0.15, 0.2) is 5.16 Å². The summed E-state index contributed by atoms with van der Waals surface area (Å²) >= 11 is 3.18. The van der Waals surface area contributed by atoms with Crippen molar-refractivity contribution in [2.24, 2.45) is 0 Å². The number of amides is 1. The molecule has 0 bridgehead atoms. The first-order valence-electron chi connectivity index (χ1n) is 11.4. The van der Waals surface area contributed by atoms with Gasteiger partial charge in [0.05, 0.1) is 11.0 Å². The predicted octanol–water partition coefficient (Wildman–Crippen LogP) is 6.63. The molecule has 0 aliphatic rings. The van der Waals surface area contributed by atoms with E-state index in [0.717, 1.165) is 34.3 Å². The molecule has 7 heteroatoms. The molecule has 0 aliphatic carbocycles. The molecular formula is C27H28N4OS2. The summed E-state index contributed by atoms with van der Waals surface area (Å²) in [5.41, 5.74) is 2.99. The second kappa shape index (κ2) is 11.9. The molecule has 174 valence electrons. The number of hydrogen-bond acceptors (Lipinski definition) is 5. The van der Waals surface area contributed by atoms with Crippen molar-refractivity contribution in [2.45, 2.75) is 47.7 Å². The molecule has 1 aromatic heterocycles. The molecule has 4 aromatic rings. The number of carbonyl (C=O) groups is 1. The fourth-order valence-corrected chi connectivity index (χ4v) is 5.41. The van der Waals surface area contributed by atoms with Crippen LogP contribution < -0.4 is 5.32 Å². The third kappa shape index (κ3) is 5.90. The van der Waals surface area contributed by atoms with Crippen LogP contribution in [0.15, 0.2) is 95.0 Å². The van der Waals surface area contributed by atoms with Crippen molar-refractivity contribution >= 4 is 35.1 Å². The monoisotopic (exact) mass is 488 g/mol. The SMILES string of the molecule is CCc1ccccc1NC(=O)C(CC)Sc1nnc(CSc2ccccc2)n1-c1ccccc1. The number of carbonyl (C=O) groups excluding carboxylic acids is 1. The summed E-state index contributed by atoms with van der Waals surface area (Å²) in [6.45, 7) is 4.12. The molecule has 4 rings (SSSR count). The van der Waals surface area contributed by atoms with Crippen molar-refractivity contribution in [3.8, 4) is 5.69 Å². The van der Waals surface area contributed by atoms with Gasteiger partial charge in [-0.2, -0.15) is 0 Å². The Hall–Kier alpha value is -3.03. The van der Waals surface area contributed by atoms with Crippen molar-refractivity contribution in [1.29, 1.82) is 0 Å². The smallest absolute Gasteiger partial charge is 0.237 e. The largest absolute Gasteiger partial charge is 0.325 e. The standard InChI is InChI=1S/C27H28N4OS2/c1-3-20-13-11-12-18-23(20)28-26(32)24(4-2)34-27-30-29-25(19-33-22-16-9-6-10-17-22)31(27)21-14-7-5-8-15-21/h5-18,24H,3-4,19H2,1-2H3,(H,28,32). The molecule has 0 radical (unpaired) electrons. The second-order valence-corrected chi connectivity index (χ2v) is 9.90. The van der Waals surface area contributed by atoms with Crippen molar-refractivity contribution in [2.75, 3.05) is 5.32 Å². The highest BCUT2D eigenvalue weighted by molar-refractivity contribution is 8.00. The molecule has 0 spiro atoms. The van der Waals surface area contributed by atoms with Gasteiger partial charge < -0.3 is 5.32 Å². The molecule has 0 saturated carbocycles. The van der Waals surface area contributed by atoms with Gasteiger partial charge in [0.25, 0.3) is 0 Å². The summed E-state index contributed by atoms with van der Waals surface area (Å²) < 4.78 is 2.07. The Balaban J connectivity index is 1.57. The minimum Gasteiger partial charge on any atom is -0.325 e. The number of nitrogens with zero attached hydrogens (tertiary/aromatic N) is 3. The lowest BCUT2D eigenvalue weighted by molar-refractivity contribution is -0.115. The van der Waals surface area contributed by atoms with Crippen LogP contribution in [0.25, 0.3) is 5.69 Å². The predicted molar refractivity (Wildman–Crippen MR) is 142 cm³/mol. The number of para-hydroxylation sites is 2. The quantitative estimate of drug-likeness (QED) is 0.254. The third-order valence-electron chi connectivity index (χ3n) is 5.39. The van der Waals surface area contributed by atoms with Gasteiger partial charge in [-0.05, 0) is 48.7 Å². The van der Waals surface area contributed by atoms with E-state index in [-0.39, 0.29) is 11.2 Å². The Morgan fingerprint density at radius 2 is 1.59 bits per heavy atom. The van der Waals surface area contributed by atoms with Crippen LogP contribution in [0.5, 0.6) is 0 Å². The van der Waals surface area contributed by atoms with Crippen molar-refractivity contribution in [3.05, 3.63) is 96.3 Å². The number of aryl methyl sites for hydroxylation is 1. The Morgan fingerprint density at radius 3 is 2.29 bits per heavy atom. The third-order valence-corrected chi connectivity index (χ3v) is 7.71. The maximum Gasteiger partial charge on any atom is 0.237 e. The Morgan fingerprint density at radius 1 is 0.912 bits per heavy atom. The van der Waals surface area contributed by atoms with Crippen LogP contribution in [-0.2, 0) is 17.0 Å². The molecule has 0 aliphatic heterocycles. The number of benzene rings is 3. The minimum atomic E-state index is -0.286. The van der Waals surface area contributed by atoms with Gasteiger partial charge in [0.2, 0.25) is 5.91 Å². The molecule has 1 amide bonds. The zero-order valence-electron chi connectivity index (χ0n) is 19.3. The molecular weight excluding hydrogens is 460 g/mol. The summed E-state index contributed by atoms with van der Waals surface area (Å²) in [7, 11) is 0. The molecule has 1 N–H and O–H groups in total. The van der Waals surface area contributed by atoms with E-state index >= 15 is 0 Å². The average Bonchev–Trinajstić information content (AvgIpc) is 3.29. The molecule has 3 aromatic carbocycles. The van der Waals surface area contributed by atoms with Crippen LogP contribution in [0.1, 0.15) is 31.7 Å². The first-order valence-corrected chi connectivity index (χ1v) is 13.3. The Bertz CT molecular complexity index is 1210. The van der Waals surface area contributed by atoms with Gasteiger partial charge in [0, 0.05) is 16.3 Å². The van der Waals surface area contributed by atoms with E-state index in [2.05, 4.69) is 39.1 Å². The van der Waals surface area contributed by atoms with Crippen LogP contribution in [0.2, 0.25) is 0 Å². The number of rotatable bonds is 10. The number of nitrogens with one attached hydrogen (secondary N) is 1. The zero-order chi connectivity index (χ0) is 23.8. The number of thioether (sulfide) groups is 2. The minimum absolute atomic E-state index is 0.0174. The number of anilines is 1. The number of hydrogen-bond donors (Lipinski definition) is 1. The van der Waals surface area contributed by atoms with Gasteiger partial charge in [-0.1, -0.05) is 80.2 Å². The highest BCUT2D eigenvalue weighted by Gasteiger charge is 2.24. The highest BCUT2D eigenvalue weighted by atomic mass is 32.2. The Kier molecular flexibility index (Phi) is 8.44. The summed E-state index contributed by atoms with van der Waals surface area (Å²) in [6.07, 6.45) is 1.55. The summed E-state index contributed by atoms with van der Waals surface area (Å²) in [5.74, 6) is 1.52. The van der Waals surface area contributed by atoms with Crippen molar-refractivity contribution in [1.82, 2.24) is 14.8 Å². The molecule has 1 atom stereocenters. The topological polar surface area (TPSA) is 59.8 Å². The van der Waals surface area contributed by atoms with Crippen molar-refractivity contribution in [3.63, 3.8) is 0 Å². The van der Waals surface area contributed by atoms with E-state index in [9.17, 15) is 4.79 Å². The molecule has 0 fully saturated rings. The first kappa shape index (κ1) is 24.1. The maximum absolute atomic E-state index is 13.2. The first-order chi connectivity index (χ1) is 16.7. The van der Waals surface area contributed by atoms with E-state index < -0.39 is 0 Å². The van der Waals surface area contributed by atoms with Gasteiger partial charge in [-0.15, -0.1) is 22.0 Å². The number of aromatic nitrogens is 3. The zero-order valence-corrected chi connectivity index (χ0v) is 21.0. The normalized spacial score (nSPS) is 11.8. The van der Waals surface area contributed by atoms with Gasteiger partial charge in [0.1, 0.15) is 5.82 Å². The van der Waals surface area contributed by atoms with Gasteiger partial charge in [-0.3, -0.25) is 9.36 Å². The summed E-state index contributed by atoms with van der Waals surface area (Å²) in [6, 6.07) is 28.3. The van der Waals surface area contributed by atoms with Crippen LogP contribution in [0, 0.1) is 0 Å². The second-order valence-electron chi connectivity index (χ2n) is 7.69. The van der Waals surface area contributed by atoms with Gasteiger partial charge >= 0.3 is 0 Å².